The van der Waals surface area contributed by atoms with Gasteiger partial charge in [-0.05, 0) is 70.8 Å². The van der Waals surface area contributed by atoms with Crippen LogP contribution in [-0.2, 0) is 0 Å². The third-order valence-electron chi connectivity index (χ3n) is 17.7. The van der Waals surface area contributed by atoms with Crippen molar-refractivity contribution in [2.45, 2.75) is 0 Å². The molecule has 9 heteroatoms. The second-order valence-corrected chi connectivity index (χ2v) is 24.4. The molecule has 6 aromatic heterocycles. The molecular formula is C85H51N5O3S. The van der Waals surface area contributed by atoms with Crippen molar-refractivity contribution >= 4 is 97.3 Å². The molecule has 0 aliphatic rings. The van der Waals surface area contributed by atoms with Crippen LogP contribution in [0.3, 0.4) is 0 Å². The summed E-state index contributed by atoms with van der Waals surface area (Å²) in [5, 5.41) is 8.89. The lowest BCUT2D eigenvalue weighted by Crippen LogP contribution is -2.00. The van der Waals surface area contributed by atoms with E-state index in [1.165, 1.54) is 32.2 Å². The minimum atomic E-state index is 0.621. The van der Waals surface area contributed by atoms with E-state index in [1.54, 1.807) is 11.3 Å². The van der Waals surface area contributed by atoms with Gasteiger partial charge in [0.15, 0.2) is 23.3 Å². The van der Waals surface area contributed by atoms with Crippen molar-refractivity contribution in [3.63, 3.8) is 0 Å². The highest BCUT2D eigenvalue weighted by atomic mass is 32.1. The molecular weight excluding hydrogens is 1170 g/mol. The third-order valence-corrected chi connectivity index (χ3v) is 19.0. The molecule has 0 atom stereocenters. The van der Waals surface area contributed by atoms with Gasteiger partial charge in [-0.1, -0.05) is 261 Å². The van der Waals surface area contributed by atoms with Gasteiger partial charge in [0.1, 0.15) is 33.5 Å². The number of hydrogen-bond acceptors (Lipinski definition) is 9. The molecule has 0 saturated heterocycles. The van der Waals surface area contributed by atoms with E-state index in [4.69, 9.17) is 38.2 Å². The average Bonchev–Trinajstić information content (AvgIpc) is 1.59. The summed E-state index contributed by atoms with van der Waals surface area (Å²) in [4.78, 5) is 25.2. The summed E-state index contributed by atoms with van der Waals surface area (Å²) in [5.74, 6) is 2.60. The fourth-order valence-electron chi connectivity index (χ4n) is 13.2. The Balaban J connectivity index is 0.000000139. The quantitative estimate of drug-likeness (QED) is 0.141. The number of hydrogen-bond donors (Lipinski definition) is 0. The zero-order chi connectivity index (χ0) is 62.1. The Morgan fingerprint density at radius 3 is 1.16 bits per heavy atom. The summed E-state index contributed by atoms with van der Waals surface area (Å²) in [6, 6.07) is 106. The summed E-state index contributed by atoms with van der Waals surface area (Å²) in [6.45, 7) is 0. The smallest absolute Gasteiger partial charge is 0.165 e. The number of aromatic nitrogens is 5. The Bertz CT molecular complexity index is 5990. The first kappa shape index (κ1) is 54.5. The lowest BCUT2D eigenvalue weighted by Gasteiger charge is -2.09. The van der Waals surface area contributed by atoms with Crippen LogP contribution >= 0.6 is 11.3 Å². The maximum absolute atomic E-state index is 6.82. The fraction of sp³-hybridized carbons (Fsp3) is 0. The van der Waals surface area contributed by atoms with Crippen LogP contribution in [0.1, 0.15) is 0 Å². The van der Waals surface area contributed by atoms with E-state index < -0.39 is 0 Å². The molecule has 0 saturated carbocycles. The highest BCUT2D eigenvalue weighted by molar-refractivity contribution is 7.26. The molecule has 19 aromatic rings. The molecule has 0 spiro atoms. The first-order valence-electron chi connectivity index (χ1n) is 31.3. The van der Waals surface area contributed by atoms with Crippen LogP contribution in [-0.4, -0.2) is 24.9 Å². The number of fused-ring (bicyclic) bond motifs is 12. The first-order valence-corrected chi connectivity index (χ1v) is 32.1. The minimum Gasteiger partial charge on any atom is -0.456 e. The van der Waals surface area contributed by atoms with Gasteiger partial charge in [-0.2, -0.15) is 0 Å². The Hall–Kier alpha value is -12.4. The monoisotopic (exact) mass is 1220 g/mol. The topological polar surface area (TPSA) is 104 Å². The third kappa shape index (κ3) is 9.57. The van der Waals surface area contributed by atoms with Crippen molar-refractivity contribution in [1.82, 2.24) is 24.9 Å². The summed E-state index contributed by atoms with van der Waals surface area (Å²) in [6.07, 6.45) is 0. The van der Waals surface area contributed by atoms with Gasteiger partial charge in [-0.25, -0.2) is 24.9 Å². The second kappa shape index (κ2) is 22.8. The van der Waals surface area contributed by atoms with Crippen molar-refractivity contribution in [3.05, 3.63) is 309 Å². The molecule has 13 aromatic carbocycles. The molecule has 0 bridgehead atoms. The summed E-state index contributed by atoms with van der Waals surface area (Å²) in [7, 11) is 0. The Morgan fingerprint density at radius 2 is 0.585 bits per heavy atom. The molecule has 8 nitrogen and oxygen atoms in total. The van der Waals surface area contributed by atoms with E-state index in [-0.39, 0.29) is 0 Å². The van der Waals surface area contributed by atoms with Gasteiger partial charge in [0.25, 0.3) is 0 Å². The van der Waals surface area contributed by atoms with Gasteiger partial charge in [0.2, 0.25) is 0 Å². The Labute approximate surface area is 543 Å². The van der Waals surface area contributed by atoms with Crippen molar-refractivity contribution in [2.75, 3.05) is 0 Å². The number of benzene rings is 13. The normalized spacial score (nSPS) is 11.6. The van der Waals surface area contributed by atoms with Gasteiger partial charge in [0, 0.05) is 91.4 Å². The highest BCUT2D eigenvalue weighted by Gasteiger charge is 2.23. The van der Waals surface area contributed by atoms with Gasteiger partial charge in [-0.3, -0.25) is 0 Å². The summed E-state index contributed by atoms with van der Waals surface area (Å²) in [5.41, 5.74) is 19.3. The molecule has 0 fully saturated rings. The van der Waals surface area contributed by atoms with E-state index in [9.17, 15) is 0 Å². The number of rotatable bonds is 9. The second-order valence-electron chi connectivity index (χ2n) is 23.3. The molecule has 0 aliphatic heterocycles. The zero-order valence-corrected chi connectivity index (χ0v) is 51.1. The van der Waals surface area contributed by atoms with Crippen LogP contribution in [0.15, 0.2) is 323 Å². The maximum Gasteiger partial charge on any atom is 0.165 e. The average molecular weight is 1220 g/mol. The Morgan fingerprint density at radius 1 is 0.202 bits per heavy atom. The van der Waals surface area contributed by atoms with Crippen LogP contribution < -0.4 is 0 Å². The van der Waals surface area contributed by atoms with Crippen molar-refractivity contribution in [1.29, 1.82) is 0 Å². The van der Waals surface area contributed by atoms with E-state index >= 15 is 0 Å². The zero-order valence-electron chi connectivity index (χ0n) is 50.3. The Kier molecular flexibility index (Phi) is 13.2. The molecule has 0 unspecified atom stereocenters. The van der Waals surface area contributed by atoms with Crippen molar-refractivity contribution in [3.8, 4) is 101 Å². The first-order chi connectivity index (χ1) is 46.6. The molecule has 0 N–H and O–H groups in total. The molecule has 0 aliphatic carbocycles. The van der Waals surface area contributed by atoms with Gasteiger partial charge in [-0.15, -0.1) is 11.3 Å². The summed E-state index contributed by atoms with van der Waals surface area (Å²) >= 11 is 1.79. The van der Waals surface area contributed by atoms with Gasteiger partial charge in [0.05, 0.1) is 17.0 Å². The predicted molar refractivity (Wildman–Crippen MR) is 386 cm³/mol. The maximum atomic E-state index is 6.82. The van der Waals surface area contributed by atoms with Crippen molar-refractivity contribution < 1.29 is 13.3 Å². The number of para-hydroxylation sites is 4. The van der Waals surface area contributed by atoms with E-state index in [1.807, 2.05) is 127 Å². The van der Waals surface area contributed by atoms with Crippen LogP contribution in [0, 0.1) is 0 Å². The number of nitrogens with zero attached hydrogens (tertiary/aromatic N) is 5. The van der Waals surface area contributed by atoms with Gasteiger partial charge < -0.3 is 13.3 Å². The van der Waals surface area contributed by atoms with E-state index in [0.29, 0.717) is 23.3 Å². The number of thiophene rings is 1. The minimum absolute atomic E-state index is 0.621. The van der Waals surface area contributed by atoms with Crippen LogP contribution in [0.2, 0.25) is 0 Å². The fourth-order valence-corrected chi connectivity index (χ4v) is 14.5. The SMILES string of the molecule is c1ccc(-c2cc(-c3ccccc3)nc(-c3cccc4c3oc3c(-c5cccc6c5oc5ccccc56)cccc34)n2)cc1.c1ccc(-c2ccc3oc4ccc(-c5cccc6c5sc5c(-c7nc(-c8ccccc8)nc(-c8ccccc8)n7)cccc56)cc4c3c2)cc1. The molecule has 440 valence electrons. The largest absolute Gasteiger partial charge is 0.456 e. The summed E-state index contributed by atoms with van der Waals surface area (Å²) < 4.78 is 21.9. The van der Waals surface area contributed by atoms with Crippen molar-refractivity contribution in [2.24, 2.45) is 0 Å². The number of furan rings is 3. The van der Waals surface area contributed by atoms with Crippen LogP contribution in [0.5, 0.6) is 0 Å². The molecule has 19 rings (SSSR count). The lowest BCUT2D eigenvalue weighted by molar-refractivity contribution is 0.665. The molecule has 0 radical (unpaired) electrons. The van der Waals surface area contributed by atoms with E-state index in [2.05, 4.69) is 182 Å². The highest BCUT2D eigenvalue weighted by Crippen LogP contribution is 2.47. The lowest BCUT2D eigenvalue weighted by atomic mass is 9.99. The van der Waals surface area contributed by atoms with Crippen LogP contribution in [0.4, 0.5) is 0 Å². The molecule has 0 amide bonds. The predicted octanol–water partition coefficient (Wildman–Crippen LogP) is 23.4. The van der Waals surface area contributed by atoms with E-state index in [0.717, 1.165) is 132 Å². The van der Waals surface area contributed by atoms with Crippen LogP contribution in [0.25, 0.3) is 187 Å². The molecule has 6 heterocycles. The molecule has 94 heavy (non-hydrogen) atoms. The standard InChI is InChI=1S/C45H27N3OS.C40H24N2O2/c1-4-12-28(13-5-1)31-22-24-39-37(26-31)38-27-32(23-25-40(38)49-39)33-18-10-19-34-35-20-11-21-36(42(35)50-41(33)34)45-47-43(29-14-6-2-7-15-29)46-44(48-45)30-16-8-3-9-17-30;1-3-12-25(13-4-1)34-24-35(26-14-5-2-6-15-26)42-40(41-34)33-22-11-21-32-31-20-10-19-30(38(31)44-39(32)33)29-18-9-17-28-27-16-7-8-23-36(27)43-37(28)29/h1-27H;1-24H. The van der Waals surface area contributed by atoms with Gasteiger partial charge >= 0.3 is 0 Å².